The number of primary amides is 1. The Balaban J connectivity index is 1.67. The number of nitrogens with zero attached hydrogens (tertiary/aromatic N) is 2. The van der Waals surface area contributed by atoms with Crippen molar-refractivity contribution in [3.63, 3.8) is 0 Å². The van der Waals surface area contributed by atoms with Gasteiger partial charge in [0.15, 0.2) is 0 Å². The number of fused-ring (bicyclic) bond motifs is 1. The number of para-hydroxylation sites is 1. The van der Waals surface area contributed by atoms with Crippen LogP contribution in [0.3, 0.4) is 0 Å². The summed E-state index contributed by atoms with van der Waals surface area (Å²) < 4.78 is 15.6. The number of hydrogen-bond donors (Lipinski definition) is 2. The maximum Gasteiger partial charge on any atom is 0.329 e. The van der Waals surface area contributed by atoms with Crippen molar-refractivity contribution in [2.24, 2.45) is 5.73 Å². The Kier molecular flexibility index (Phi) is 4.59. The summed E-state index contributed by atoms with van der Waals surface area (Å²) in [6.45, 7) is -0.179. The van der Waals surface area contributed by atoms with E-state index in [1.807, 2.05) is 24.3 Å². The standard InChI is InChI=1S/C21H17FN4O3/c22-16-7-3-1-5-13(16)11-26-20(28)17(24-21(26)29)9-14-10-25(12-19(23)27)18-8-4-2-6-15(14)18/h1-10H,11-12H2,(H2,23,27)(H,24,29). The fourth-order valence-electron chi connectivity index (χ4n) is 3.36. The fourth-order valence-corrected chi connectivity index (χ4v) is 3.36. The molecule has 4 rings (SSSR count). The largest absolute Gasteiger partial charge is 0.368 e. The third kappa shape index (κ3) is 3.47. The van der Waals surface area contributed by atoms with E-state index in [1.165, 1.54) is 18.2 Å². The van der Waals surface area contributed by atoms with Crippen molar-refractivity contribution < 1.29 is 18.8 Å². The average molecular weight is 392 g/mol. The molecule has 2 aromatic carbocycles. The van der Waals surface area contributed by atoms with E-state index >= 15 is 0 Å². The summed E-state index contributed by atoms with van der Waals surface area (Å²) in [6.07, 6.45) is 3.24. The van der Waals surface area contributed by atoms with Crippen molar-refractivity contribution in [2.75, 3.05) is 0 Å². The van der Waals surface area contributed by atoms with Gasteiger partial charge in [0.25, 0.3) is 5.91 Å². The number of nitrogens with one attached hydrogen (secondary N) is 1. The van der Waals surface area contributed by atoms with Crippen LogP contribution < -0.4 is 11.1 Å². The zero-order chi connectivity index (χ0) is 20.5. The molecule has 29 heavy (non-hydrogen) atoms. The second-order valence-corrected chi connectivity index (χ2v) is 6.67. The van der Waals surface area contributed by atoms with E-state index in [4.69, 9.17) is 5.73 Å². The van der Waals surface area contributed by atoms with E-state index in [1.54, 1.807) is 22.9 Å². The molecule has 0 unspecified atom stereocenters. The molecule has 0 spiro atoms. The van der Waals surface area contributed by atoms with Gasteiger partial charge in [-0.15, -0.1) is 0 Å². The molecule has 0 radical (unpaired) electrons. The number of nitrogens with two attached hydrogens (primary N) is 1. The van der Waals surface area contributed by atoms with Gasteiger partial charge in [0, 0.05) is 28.2 Å². The minimum atomic E-state index is -0.620. The third-order valence-electron chi connectivity index (χ3n) is 4.69. The molecule has 1 saturated heterocycles. The van der Waals surface area contributed by atoms with Gasteiger partial charge < -0.3 is 15.6 Å². The highest BCUT2D eigenvalue weighted by molar-refractivity contribution is 6.14. The van der Waals surface area contributed by atoms with E-state index in [-0.39, 0.29) is 24.4 Å². The maximum absolute atomic E-state index is 13.9. The average Bonchev–Trinajstić information content (AvgIpc) is 3.15. The normalized spacial score (nSPS) is 15.3. The van der Waals surface area contributed by atoms with Gasteiger partial charge in [-0.25, -0.2) is 9.18 Å². The molecule has 7 nitrogen and oxygen atoms in total. The molecule has 1 aliphatic rings. The summed E-state index contributed by atoms with van der Waals surface area (Å²) in [5, 5.41) is 3.33. The summed E-state index contributed by atoms with van der Waals surface area (Å²) in [5.41, 5.74) is 7.06. The summed E-state index contributed by atoms with van der Waals surface area (Å²) in [6, 6.07) is 12.7. The van der Waals surface area contributed by atoms with Crippen molar-refractivity contribution in [3.8, 4) is 0 Å². The zero-order valence-electron chi connectivity index (χ0n) is 15.3. The Bertz CT molecular complexity index is 1180. The highest BCUT2D eigenvalue weighted by Crippen LogP contribution is 2.25. The first-order chi connectivity index (χ1) is 13.9. The smallest absolute Gasteiger partial charge is 0.329 e. The molecule has 0 saturated carbocycles. The number of hydrogen-bond acceptors (Lipinski definition) is 3. The SMILES string of the molecule is NC(=O)Cn1cc(C=C2NC(=O)N(Cc3ccccc3F)C2=O)c2ccccc21. The van der Waals surface area contributed by atoms with E-state index in [0.29, 0.717) is 5.56 Å². The summed E-state index contributed by atoms with van der Waals surface area (Å²) in [7, 11) is 0. The number of aromatic nitrogens is 1. The van der Waals surface area contributed by atoms with Crippen molar-refractivity contribution >= 4 is 34.8 Å². The second kappa shape index (κ2) is 7.23. The van der Waals surface area contributed by atoms with Gasteiger partial charge in [0.05, 0.1) is 6.54 Å². The third-order valence-corrected chi connectivity index (χ3v) is 4.69. The first kappa shape index (κ1) is 18.4. The van der Waals surface area contributed by atoms with Crippen molar-refractivity contribution in [1.29, 1.82) is 0 Å². The number of urea groups is 1. The topological polar surface area (TPSA) is 97.4 Å². The molecule has 4 amide bonds. The van der Waals surface area contributed by atoms with Crippen molar-refractivity contribution in [2.45, 2.75) is 13.1 Å². The molecule has 1 fully saturated rings. The van der Waals surface area contributed by atoms with Crippen LogP contribution in [0, 0.1) is 5.82 Å². The van der Waals surface area contributed by atoms with Crippen LogP contribution in [0.2, 0.25) is 0 Å². The Hall–Kier alpha value is -3.94. The van der Waals surface area contributed by atoms with Crippen LogP contribution in [0.15, 0.2) is 60.4 Å². The van der Waals surface area contributed by atoms with E-state index in [2.05, 4.69) is 5.32 Å². The second-order valence-electron chi connectivity index (χ2n) is 6.67. The summed E-state index contributed by atoms with van der Waals surface area (Å²) in [4.78, 5) is 37.3. The zero-order valence-corrected chi connectivity index (χ0v) is 15.3. The Morgan fingerprint density at radius 1 is 1.10 bits per heavy atom. The number of imide groups is 1. The van der Waals surface area contributed by atoms with Gasteiger partial charge in [-0.3, -0.25) is 14.5 Å². The lowest BCUT2D eigenvalue weighted by Crippen LogP contribution is -2.30. The minimum absolute atomic E-state index is 0.0105. The Morgan fingerprint density at radius 3 is 2.59 bits per heavy atom. The molecule has 0 bridgehead atoms. The van der Waals surface area contributed by atoms with E-state index < -0.39 is 23.7 Å². The van der Waals surface area contributed by atoms with Crippen LogP contribution in [0.4, 0.5) is 9.18 Å². The molecule has 1 aliphatic heterocycles. The van der Waals surface area contributed by atoms with Gasteiger partial charge in [-0.1, -0.05) is 36.4 Å². The minimum Gasteiger partial charge on any atom is -0.368 e. The van der Waals surface area contributed by atoms with Crippen LogP contribution in [0.25, 0.3) is 17.0 Å². The number of benzene rings is 2. The number of halogens is 1. The predicted octanol–water partition coefficient (Wildman–Crippen LogP) is 2.36. The van der Waals surface area contributed by atoms with Crippen LogP contribution in [-0.4, -0.2) is 27.3 Å². The van der Waals surface area contributed by atoms with Crippen molar-refractivity contribution in [3.05, 3.63) is 77.4 Å². The van der Waals surface area contributed by atoms with Crippen LogP contribution in [0.1, 0.15) is 11.1 Å². The molecular formula is C21H17FN4O3. The molecule has 0 aliphatic carbocycles. The number of carbonyl (C=O) groups is 3. The highest BCUT2D eigenvalue weighted by atomic mass is 19.1. The lowest BCUT2D eigenvalue weighted by atomic mass is 10.1. The van der Waals surface area contributed by atoms with Gasteiger partial charge in [-0.05, 0) is 18.2 Å². The van der Waals surface area contributed by atoms with Crippen molar-refractivity contribution in [1.82, 2.24) is 14.8 Å². The van der Waals surface area contributed by atoms with Crippen LogP contribution >= 0.6 is 0 Å². The molecule has 3 aromatic rings. The molecule has 146 valence electrons. The quantitative estimate of drug-likeness (QED) is 0.515. The fraction of sp³-hybridized carbons (Fsp3) is 0.0952. The van der Waals surface area contributed by atoms with Gasteiger partial charge in [0.1, 0.15) is 18.1 Å². The first-order valence-corrected chi connectivity index (χ1v) is 8.88. The highest BCUT2D eigenvalue weighted by Gasteiger charge is 2.34. The maximum atomic E-state index is 13.9. The molecule has 3 N–H and O–H groups in total. The molecule has 1 aromatic heterocycles. The Morgan fingerprint density at radius 2 is 1.83 bits per heavy atom. The lowest BCUT2D eigenvalue weighted by Gasteiger charge is -2.12. The summed E-state index contributed by atoms with van der Waals surface area (Å²) >= 11 is 0. The Labute approximate surface area is 165 Å². The van der Waals surface area contributed by atoms with Gasteiger partial charge >= 0.3 is 6.03 Å². The molecular weight excluding hydrogens is 375 g/mol. The van der Waals surface area contributed by atoms with Crippen LogP contribution in [0.5, 0.6) is 0 Å². The molecule has 2 heterocycles. The van der Waals surface area contributed by atoms with E-state index in [0.717, 1.165) is 15.8 Å². The first-order valence-electron chi connectivity index (χ1n) is 8.88. The van der Waals surface area contributed by atoms with Gasteiger partial charge in [-0.2, -0.15) is 0 Å². The number of rotatable bonds is 5. The van der Waals surface area contributed by atoms with Crippen LogP contribution in [-0.2, 0) is 22.7 Å². The predicted molar refractivity (Wildman–Crippen MR) is 105 cm³/mol. The number of carbonyl (C=O) groups excluding carboxylic acids is 3. The molecule has 8 heteroatoms. The summed E-state index contributed by atoms with van der Waals surface area (Å²) in [5.74, 6) is -1.53. The lowest BCUT2D eigenvalue weighted by molar-refractivity contribution is -0.123. The monoisotopic (exact) mass is 392 g/mol. The molecule has 0 atom stereocenters. The number of amides is 4. The van der Waals surface area contributed by atoms with E-state index in [9.17, 15) is 18.8 Å². The van der Waals surface area contributed by atoms with Gasteiger partial charge in [0.2, 0.25) is 5.91 Å².